The quantitative estimate of drug-likeness (QED) is 0.802. The average Bonchev–Trinajstić information content (AvgIpc) is 2.67. The van der Waals surface area contributed by atoms with E-state index < -0.39 is 0 Å². The molecule has 0 saturated carbocycles. The second-order valence-corrected chi connectivity index (χ2v) is 4.08. The van der Waals surface area contributed by atoms with E-state index in [4.69, 9.17) is 4.52 Å². The minimum atomic E-state index is 0.581. The van der Waals surface area contributed by atoms with Gasteiger partial charge in [-0.15, -0.1) is 0 Å². The van der Waals surface area contributed by atoms with Gasteiger partial charge < -0.3 is 4.52 Å². The Hall–Kier alpha value is -1.16. The molecule has 0 unspecified atom stereocenters. The lowest BCUT2D eigenvalue weighted by atomic mass is 10.1. The van der Waals surface area contributed by atoms with E-state index in [0.717, 1.165) is 17.3 Å². The van der Waals surface area contributed by atoms with Crippen molar-refractivity contribution in [1.82, 2.24) is 10.1 Å². The molecule has 1 aromatic heterocycles. The molecule has 1 heterocycles. The first-order valence-corrected chi connectivity index (χ1v) is 5.87. The van der Waals surface area contributed by atoms with Gasteiger partial charge in [0.1, 0.15) is 0 Å². The van der Waals surface area contributed by atoms with Crippen molar-refractivity contribution in [1.29, 1.82) is 0 Å². The Morgan fingerprint density at radius 1 is 1.27 bits per heavy atom. The molecular formula is C11H11BrN2O. The minimum Gasteiger partial charge on any atom is -0.334 e. The first kappa shape index (κ1) is 10.4. The fraction of sp³-hybridized carbons (Fsp3) is 0.273. The van der Waals surface area contributed by atoms with E-state index in [-0.39, 0.29) is 0 Å². The van der Waals surface area contributed by atoms with E-state index in [9.17, 15) is 0 Å². The standard InChI is InChI=1S/C11H11BrN2O/c1-8-13-11(15-14-8)10-4-2-9(3-5-10)6-7-12/h2-5H,6-7H2,1H3. The molecule has 0 spiro atoms. The lowest BCUT2D eigenvalue weighted by Gasteiger charge is -1.98. The second-order valence-electron chi connectivity index (χ2n) is 3.28. The molecule has 0 aliphatic carbocycles. The van der Waals surface area contributed by atoms with E-state index in [2.05, 4.69) is 38.2 Å². The van der Waals surface area contributed by atoms with Gasteiger partial charge in [-0.2, -0.15) is 4.98 Å². The molecule has 0 aliphatic rings. The first-order valence-electron chi connectivity index (χ1n) is 4.75. The third kappa shape index (κ3) is 2.45. The molecular weight excluding hydrogens is 256 g/mol. The van der Waals surface area contributed by atoms with Gasteiger partial charge in [0.2, 0.25) is 0 Å². The summed E-state index contributed by atoms with van der Waals surface area (Å²) in [6.45, 7) is 1.81. The van der Waals surface area contributed by atoms with Crippen LogP contribution in [0.2, 0.25) is 0 Å². The Bertz CT molecular complexity index is 436. The molecule has 2 rings (SSSR count). The summed E-state index contributed by atoms with van der Waals surface area (Å²) in [7, 11) is 0. The third-order valence-electron chi connectivity index (χ3n) is 2.11. The van der Waals surface area contributed by atoms with E-state index in [0.29, 0.717) is 11.7 Å². The van der Waals surface area contributed by atoms with Crippen LogP contribution in [0.15, 0.2) is 28.8 Å². The molecule has 0 aliphatic heterocycles. The highest BCUT2D eigenvalue weighted by Crippen LogP contribution is 2.17. The molecule has 15 heavy (non-hydrogen) atoms. The van der Waals surface area contributed by atoms with Crippen molar-refractivity contribution in [2.75, 3.05) is 5.33 Å². The zero-order valence-corrected chi connectivity index (χ0v) is 9.99. The van der Waals surface area contributed by atoms with Crippen LogP contribution in [0.1, 0.15) is 11.4 Å². The van der Waals surface area contributed by atoms with Gasteiger partial charge in [-0.25, -0.2) is 0 Å². The Balaban J connectivity index is 2.23. The number of aromatic nitrogens is 2. The van der Waals surface area contributed by atoms with Crippen LogP contribution in [0.3, 0.4) is 0 Å². The number of aryl methyl sites for hydroxylation is 2. The van der Waals surface area contributed by atoms with Crippen LogP contribution in [0.4, 0.5) is 0 Å². The maximum absolute atomic E-state index is 5.08. The first-order chi connectivity index (χ1) is 7.29. The zero-order valence-electron chi connectivity index (χ0n) is 8.40. The molecule has 0 atom stereocenters. The largest absolute Gasteiger partial charge is 0.334 e. The zero-order chi connectivity index (χ0) is 10.7. The Kier molecular flexibility index (Phi) is 3.16. The highest BCUT2D eigenvalue weighted by molar-refractivity contribution is 9.09. The molecule has 1 aromatic carbocycles. The minimum absolute atomic E-state index is 0.581. The third-order valence-corrected chi connectivity index (χ3v) is 2.51. The van der Waals surface area contributed by atoms with E-state index in [1.54, 1.807) is 0 Å². The highest BCUT2D eigenvalue weighted by Gasteiger charge is 2.05. The highest BCUT2D eigenvalue weighted by atomic mass is 79.9. The fourth-order valence-corrected chi connectivity index (χ4v) is 1.80. The molecule has 3 nitrogen and oxygen atoms in total. The molecule has 78 valence electrons. The van der Waals surface area contributed by atoms with Gasteiger partial charge in [0, 0.05) is 10.9 Å². The lowest BCUT2D eigenvalue weighted by Crippen LogP contribution is -1.85. The fourth-order valence-electron chi connectivity index (χ4n) is 1.34. The number of hydrogen-bond acceptors (Lipinski definition) is 3. The summed E-state index contributed by atoms with van der Waals surface area (Å²) >= 11 is 3.41. The average molecular weight is 267 g/mol. The van der Waals surface area contributed by atoms with Gasteiger partial charge in [-0.1, -0.05) is 33.2 Å². The van der Waals surface area contributed by atoms with Crippen molar-refractivity contribution in [3.63, 3.8) is 0 Å². The monoisotopic (exact) mass is 266 g/mol. The van der Waals surface area contributed by atoms with Crippen molar-refractivity contribution in [3.05, 3.63) is 35.7 Å². The SMILES string of the molecule is Cc1noc(-c2ccc(CCBr)cc2)n1. The second kappa shape index (κ2) is 4.57. The smallest absolute Gasteiger partial charge is 0.257 e. The van der Waals surface area contributed by atoms with Gasteiger partial charge in [0.05, 0.1) is 0 Å². The van der Waals surface area contributed by atoms with E-state index in [1.807, 2.05) is 19.1 Å². The maximum atomic E-state index is 5.08. The van der Waals surface area contributed by atoms with Crippen LogP contribution in [0.25, 0.3) is 11.5 Å². The number of rotatable bonds is 3. The molecule has 0 bridgehead atoms. The molecule has 2 aromatic rings. The Morgan fingerprint density at radius 2 is 2.00 bits per heavy atom. The van der Waals surface area contributed by atoms with Gasteiger partial charge in [-0.05, 0) is 31.0 Å². The van der Waals surface area contributed by atoms with Gasteiger partial charge in [-0.3, -0.25) is 0 Å². The molecule has 0 N–H and O–H groups in total. The normalized spacial score (nSPS) is 10.5. The van der Waals surface area contributed by atoms with Crippen LogP contribution < -0.4 is 0 Å². The number of alkyl halides is 1. The molecule has 0 fully saturated rings. The predicted molar refractivity (Wildman–Crippen MR) is 62.0 cm³/mol. The lowest BCUT2D eigenvalue weighted by molar-refractivity contribution is 0.425. The van der Waals surface area contributed by atoms with Crippen molar-refractivity contribution in [2.45, 2.75) is 13.3 Å². The van der Waals surface area contributed by atoms with Crippen molar-refractivity contribution >= 4 is 15.9 Å². The summed E-state index contributed by atoms with van der Waals surface area (Å²) in [6.07, 6.45) is 1.03. The Labute approximate surface area is 96.6 Å². The number of nitrogens with zero attached hydrogens (tertiary/aromatic N) is 2. The van der Waals surface area contributed by atoms with E-state index >= 15 is 0 Å². The summed E-state index contributed by atoms with van der Waals surface area (Å²) in [5.41, 5.74) is 2.26. The summed E-state index contributed by atoms with van der Waals surface area (Å²) in [5.74, 6) is 1.24. The summed E-state index contributed by atoms with van der Waals surface area (Å²) in [6, 6.07) is 8.17. The summed E-state index contributed by atoms with van der Waals surface area (Å²) in [5, 5.41) is 4.74. The molecule has 0 amide bonds. The number of halogens is 1. The van der Waals surface area contributed by atoms with Crippen LogP contribution in [0.5, 0.6) is 0 Å². The Morgan fingerprint density at radius 3 is 2.53 bits per heavy atom. The van der Waals surface area contributed by atoms with Crippen LogP contribution in [-0.2, 0) is 6.42 Å². The molecule has 0 radical (unpaired) electrons. The van der Waals surface area contributed by atoms with Crippen LogP contribution >= 0.6 is 15.9 Å². The van der Waals surface area contributed by atoms with E-state index in [1.165, 1.54) is 5.56 Å². The molecule has 0 saturated heterocycles. The summed E-state index contributed by atoms with van der Waals surface area (Å²) in [4.78, 5) is 4.17. The van der Waals surface area contributed by atoms with Crippen LogP contribution in [0, 0.1) is 6.92 Å². The van der Waals surface area contributed by atoms with Gasteiger partial charge in [0.15, 0.2) is 5.82 Å². The topological polar surface area (TPSA) is 38.9 Å². The van der Waals surface area contributed by atoms with Crippen molar-refractivity contribution in [3.8, 4) is 11.5 Å². The summed E-state index contributed by atoms with van der Waals surface area (Å²) < 4.78 is 5.08. The number of benzene rings is 1. The molecule has 4 heteroatoms. The number of hydrogen-bond donors (Lipinski definition) is 0. The van der Waals surface area contributed by atoms with Crippen molar-refractivity contribution < 1.29 is 4.52 Å². The predicted octanol–water partition coefficient (Wildman–Crippen LogP) is 2.98. The van der Waals surface area contributed by atoms with Gasteiger partial charge in [0.25, 0.3) is 5.89 Å². The van der Waals surface area contributed by atoms with Crippen LogP contribution in [-0.4, -0.2) is 15.5 Å². The van der Waals surface area contributed by atoms with Crippen molar-refractivity contribution in [2.24, 2.45) is 0 Å². The maximum Gasteiger partial charge on any atom is 0.257 e. The van der Waals surface area contributed by atoms with Gasteiger partial charge >= 0.3 is 0 Å².